The van der Waals surface area contributed by atoms with E-state index in [1.807, 2.05) is 30.3 Å². The maximum Gasteiger partial charge on any atom is 0.410 e. The summed E-state index contributed by atoms with van der Waals surface area (Å²) >= 11 is 0. The Morgan fingerprint density at radius 1 is 1.14 bits per heavy atom. The van der Waals surface area contributed by atoms with Gasteiger partial charge < -0.3 is 9.47 Å². The quantitative estimate of drug-likeness (QED) is 0.749. The van der Waals surface area contributed by atoms with Crippen molar-refractivity contribution >= 4 is 11.7 Å². The average Bonchev–Trinajstić information content (AvgIpc) is 2.97. The maximum atomic E-state index is 14.6. The number of hydrogen-bond donors (Lipinski definition) is 0. The van der Waals surface area contributed by atoms with Crippen LogP contribution in [0.5, 0.6) is 5.75 Å². The van der Waals surface area contributed by atoms with Gasteiger partial charge in [-0.2, -0.15) is 0 Å². The molecule has 2 aliphatic heterocycles. The van der Waals surface area contributed by atoms with Gasteiger partial charge in [0.2, 0.25) is 0 Å². The molecular weight excluding hydrogens is 364 g/mol. The van der Waals surface area contributed by atoms with Crippen LogP contribution >= 0.6 is 0 Å². The second kappa shape index (κ2) is 7.62. The molecule has 1 amide bonds. The van der Waals surface area contributed by atoms with Gasteiger partial charge in [-0.25, -0.2) is 13.6 Å². The molecule has 0 N–H and O–H groups in total. The molecule has 146 valence electrons. The van der Waals surface area contributed by atoms with Gasteiger partial charge in [0.15, 0.2) is 11.6 Å². The molecule has 28 heavy (non-hydrogen) atoms. The Labute approximate surface area is 162 Å². The number of methoxy groups -OCH3 is 1. The highest BCUT2D eigenvalue weighted by Crippen LogP contribution is 2.41. The van der Waals surface area contributed by atoms with Gasteiger partial charge in [0.05, 0.1) is 18.7 Å². The highest BCUT2D eigenvalue weighted by Gasteiger charge is 2.41. The summed E-state index contributed by atoms with van der Waals surface area (Å²) in [5.41, 5.74) is 1.43. The molecule has 0 radical (unpaired) electrons. The van der Waals surface area contributed by atoms with E-state index in [0.717, 1.165) is 18.4 Å². The topological polar surface area (TPSA) is 38.8 Å². The lowest BCUT2D eigenvalue weighted by Crippen LogP contribution is -2.43. The summed E-state index contributed by atoms with van der Waals surface area (Å²) in [7, 11) is 1.35. The molecule has 2 unspecified atom stereocenters. The van der Waals surface area contributed by atoms with Gasteiger partial charge in [0.1, 0.15) is 12.4 Å². The third kappa shape index (κ3) is 3.35. The van der Waals surface area contributed by atoms with E-state index in [9.17, 15) is 13.6 Å². The minimum atomic E-state index is -0.701. The molecule has 2 atom stereocenters. The van der Waals surface area contributed by atoms with Crippen molar-refractivity contribution in [2.75, 3.05) is 7.11 Å². The van der Waals surface area contributed by atoms with Crippen molar-refractivity contribution in [3.63, 3.8) is 0 Å². The number of ether oxygens (including phenoxy) is 2. The molecule has 2 heterocycles. The number of carbonyl (C=O) groups excluding carboxylic acids is 1. The molecular formula is C22H21F2NO3. The molecule has 0 aromatic heterocycles. The Morgan fingerprint density at radius 3 is 2.64 bits per heavy atom. The standard InChI is InChI=1S/C22H21F2NO3/c1-27-19-10-9-18(23)20(21(19)24)15-11-16-7-8-17(12-15)25(16)22(26)28-13-14-5-3-2-4-6-14/h2-6,9-11,16-17H,7-8,12-13H2,1H3. The zero-order chi connectivity index (χ0) is 19.7. The molecule has 2 aliphatic rings. The summed E-state index contributed by atoms with van der Waals surface area (Å²) in [4.78, 5) is 14.3. The van der Waals surface area contributed by atoms with Gasteiger partial charge >= 0.3 is 6.09 Å². The van der Waals surface area contributed by atoms with Crippen LogP contribution < -0.4 is 4.74 Å². The molecule has 0 saturated carbocycles. The van der Waals surface area contributed by atoms with E-state index in [-0.39, 0.29) is 30.0 Å². The van der Waals surface area contributed by atoms with Crippen molar-refractivity contribution < 1.29 is 23.0 Å². The Bertz CT molecular complexity index is 913. The Balaban J connectivity index is 1.54. The summed E-state index contributed by atoms with van der Waals surface area (Å²) < 4.78 is 39.4. The minimum Gasteiger partial charge on any atom is -0.494 e. The number of benzene rings is 2. The van der Waals surface area contributed by atoms with Crippen molar-refractivity contribution in [2.24, 2.45) is 0 Å². The number of nitrogens with zero attached hydrogens (tertiary/aromatic N) is 1. The van der Waals surface area contributed by atoms with Crippen LogP contribution in [-0.4, -0.2) is 30.2 Å². The van der Waals surface area contributed by atoms with Crippen molar-refractivity contribution in [1.82, 2.24) is 4.90 Å². The van der Waals surface area contributed by atoms with E-state index in [0.29, 0.717) is 12.0 Å². The minimum absolute atomic E-state index is 0.00865. The molecule has 4 nitrogen and oxygen atoms in total. The first-order valence-electron chi connectivity index (χ1n) is 9.30. The Morgan fingerprint density at radius 2 is 1.93 bits per heavy atom. The number of fused-ring (bicyclic) bond motifs is 2. The monoisotopic (exact) mass is 385 g/mol. The largest absolute Gasteiger partial charge is 0.494 e. The van der Waals surface area contributed by atoms with Crippen LogP contribution in [0.2, 0.25) is 0 Å². The molecule has 0 aliphatic carbocycles. The smallest absolute Gasteiger partial charge is 0.410 e. The predicted octanol–water partition coefficient (Wildman–Crippen LogP) is 4.93. The van der Waals surface area contributed by atoms with Crippen LogP contribution in [0, 0.1) is 11.6 Å². The number of amides is 1. The van der Waals surface area contributed by atoms with Crippen LogP contribution in [0.25, 0.3) is 5.57 Å². The Hall–Kier alpha value is -2.89. The lowest BCUT2D eigenvalue weighted by atomic mass is 9.94. The normalized spacial score (nSPS) is 20.7. The van der Waals surface area contributed by atoms with E-state index in [1.54, 1.807) is 11.0 Å². The van der Waals surface area contributed by atoms with Crippen molar-refractivity contribution in [3.8, 4) is 5.75 Å². The second-order valence-corrected chi connectivity index (χ2v) is 7.08. The summed E-state index contributed by atoms with van der Waals surface area (Å²) in [6, 6.07) is 11.6. The predicted molar refractivity (Wildman–Crippen MR) is 101 cm³/mol. The molecule has 6 heteroatoms. The molecule has 4 rings (SSSR count). The third-order valence-electron chi connectivity index (χ3n) is 5.41. The van der Waals surface area contributed by atoms with E-state index in [1.165, 1.54) is 19.2 Å². The first kappa shape index (κ1) is 18.5. The molecule has 2 aromatic carbocycles. The van der Waals surface area contributed by atoms with Crippen LogP contribution in [-0.2, 0) is 11.3 Å². The summed E-state index contributed by atoms with van der Waals surface area (Å²) in [6.07, 6.45) is 3.31. The van der Waals surface area contributed by atoms with E-state index in [2.05, 4.69) is 0 Å². The molecule has 1 fully saturated rings. The van der Waals surface area contributed by atoms with E-state index in [4.69, 9.17) is 9.47 Å². The van der Waals surface area contributed by atoms with Gasteiger partial charge in [-0.05, 0) is 42.5 Å². The third-order valence-corrected chi connectivity index (χ3v) is 5.41. The highest BCUT2D eigenvalue weighted by atomic mass is 19.1. The summed E-state index contributed by atoms with van der Waals surface area (Å²) in [5.74, 6) is -1.31. The van der Waals surface area contributed by atoms with Crippen LogP contribution in [0.1, 0.15) is 30.4 Å². The van der Waals surface area contributed by atoms with Gasteiger partial charge in [0.25, 0.3) is 0 Å². The average molecular weight is 385 g/mol. The fourth-order valence-electron chi connectivity index (χ4n) is 4.08. The summed E-state index contributed by atoms with van der Waals surface area (Å²) in [6.45, 7) is 0.200. The fourth-order valence-corrected chi connectivity index (χ4v) is 4.08. The summed E-state index contributed by atoms with van der Waals surface area (Å²) in [5, 5.41) is 0. The van der Waals surface area contributed by atoms with Gasteiger partial charge in [-0.15, -0.1) is 0 Å². The number of halogens is 2. The van der Waals surface area contributed by atoms with Crippen molar-refractivity contribution in [1.29, 1.82) is 0 Å². The fraction of sp³-hybridized carbons (Fsp3) is 0.318. The second-order valence-electron chi connectivity index (χ2n) is 7.08. The van der Waals surface area contributed by atoms with Crippen LogP contribution in [0.15, 0.2) is 48.5 Å². The Kier molecular flexibility index (Phi) is 5.03. The van der Waals surface area contributed by atoms with E-state index >= 15 is 0 Å². The van der Waals surface area contributed by atoms with Crippen LogP contribution in [0.4, 0.5) is 13.6 Å². The molecule has 0 spiro atoms. The zero-order valence-electron chi connectivity index (χ0n) is 15.5. The highest BCUT2D eigenvalue weighted by molar-refractivity contribution is 5.75. The van der Waals surface area contributed by atoms with Gasteiger partial charge in [0, 0.05) is 6.04 Å². The maximum absolute atomic E-state index is 14.6. The van der Waals surface area contributed by atoms with Crippen molar-refractivity contribution in [2.45, 2.75) is 38.0 Å². The number of hydrogen-bond acceptors (Lipinski definition) is 3. The first-order valence-corrected chi connectivity index (χ1v) is 9.30. The van der Waals surface area contributed by atoms with Gasteiger partial charge in [-0.1, -0.05) is 36.4 Å². The molecule has 2 aromatic rings. The lowest BCUT2D eigenvalue weighted by Gasteiger charge is -2.33. The van der Waals surface area contributed by atoms with E-state index < -0.39 is 17.7 Å². The molecule has 2 bridgehead atoms. The number of rotatable bonds is 4. The SMILES string of the molecule is COc1ccc(F)c(C2=CC3CCC(C2)N3C(=O)OCc2ccccc2)c1F. The van der Waals surface area contributed by atoms with Crippen molar-refractivity contribution in [3.05, 3.63) is 71.3 Å². The van der Waals surface area contributed by atoms with Crippen LogP contribution in [0.3, 0.4) is 0 Å². The lowest BCUT2D eigenvalue weighted by molar-refractivity contribution is 0.0832. The van der Waals surface area contributed by atoms with Gasteiger partial charge in [-0.3, -0.25) is 4.90 Å². The number of carbonyl (C=O) groups is 1. The first-order chi connectivity index (χ1) is 13.6. The zero-order valence-corrected chi connectivity index (χ0v) is 15.5. The molecule has 1 saturated heterocycles.